The summed E-state index contributed by atoms with van der Waals surface area (Å²) in [6.07, 6.45) is 15.2. The summed E-state index contributed by atoms with van der Waals surface area (Å²) in [4.78, 5) is 23.9. The van der Waals surface area contributed by atoms with Gasteiger partial charge in [-0.1, -0.05) is 13.2 Å². The number of hydrogen-bond acceptors (Lipinski definition) is 6. The molecule has 0 heterocycles. The Balaban J connectivity index is 1.41. The van der Waals surface area contributed by atoms with Gasteiger partial charge in [0.1, 0.15) is 0 Å². The topological polar surface area (TPSA) is 71.1 Å². The van der Waals surface area contributed by atoms with Crippen LogP contribution in [0.25, 0.3) is 0 Å². The zero-order chi connectivity index (χ0) is 23.7. The Labute approximate surface area is 200 Å². The molecule has 2 rings (SSSR count). The van der Waals surface area contributed by atoms with E-state index in [1.807, 2.05) is 0 Å². The summed E-state index contributed by atoms with van der Waals surface area (Å²) in [6, 6.07) is 0. The van der Waals surface area contributed by atoms with Gasteiger partial charge in [-0.15, -0.1) is 0 Å². The van der Waals surface area contributed by atoms with Crippen molar-refractivity contribution < 1.29 is 28.5 Å². The Bertz CT molecular complexity index is 523. The number of carbonyl (C=O) groups is 2. The highest BCUT2D eigenvalue weighted by atomic mass is 16.5. The maximum atomic E-state index is 11.9. The van der Waals surface area contributed by atoms with Crippen LogP contribution in [0.15, 0.2) is 25.7 Å². The second-order valence-corrected chi connectivity index (χ2v) is 9.65. The van der Waals surface area contributed by atoms with Crippen LogP contribution in [-0.4, -0.2) is 38.4 Å². The maximum Gasteiger partial charge on any atom is 0.305 e. The molecule has 0 spiro atoms. The van der Waals surface area contributed by atoms with Crippen LogP contribution < -0.4 is 0 Å². The molecule has 6 heteroatoms. The van der Waals surface area contributed by atoms with Crippen LogP contribution in [0.1, 0.15) is 83.5 Å². The van der Waals surface area contributed by atoms with Crippen molar-refractivity contribution in [2.75, 3.05) is 26.4 Å². The van der Waals surface area contributed by atoms with Gasteiger partial charge in [-0.05, 0) is 94.3 Å². The van der Waals surface area contributed by atoms with Gasteiger partial charge in [-0.2, -0.15) is 0 Å². The average molecular weight is 465 g/mol. The molecule has 0 radical (unpaired) electrons. The molecule has 0 saturated heterocycles. The van der Waals surface area contributed by atoms with Crippen molar-refractivity contribution in [2.24, 2.45) is 23.7 Å². The molecule has 0 aliphatic heterocycles. The molecule has 6 nitrogen and oxygen atoms in total. The fourth-order valence-electron chi connectivity index (χ4n) is 4.98. The lowest BCUT2D eigenvalue weighted by Gasteiger charge is -2.27. The van der Waals surface area contributed by atoms with Gasteiger partial charge < -0.3 is 18.9 Å². The third-order valence-corrected chi connectivity index (χ3v) is 7.17. The average Bonchev–Trinajstić information content (AvgIpc) is 2.83. The third-order valence-electron chi connectivity index (χ3n) is 7.17. The van der Waals surface area contributed by atoms with E-state index in [4.69, 9.17) is 18.9 Å². The molecular weight excluding hydrogens is 420 g/mol. The predicted octanol–water partition coefficient (Wildman–Crippen LogP) is 5.96. The lowest BCUT2D eigenvalue weighted by Crippen LogP contribution is -2.20. The summed E-state index contributed by atoms with van der Waals surface area (Å²) in [5, 5.41) is 0. The van der Waals surface area contributed by atoms with Crippen LogP contribution in [0, 0.1) is 23.7 Å². The highest BCUT2D eigenvalue weighted by Gasteiger charge is 2.22. The minimum atomic E-state index is -0.215. The second-order valence-electron chi connectivity index (χ2n) is 9.65. The molecule has 0 unspecified atom stereocenters. The first kappa shape index (κ1) is 27.3. The van der Waals surface area contributed by atoms with Gasteiger partial charge in [0.05, 0.1) is 39.0 Å². The standard InChI is InChI=1S/C27H44O6/c1-3-30-20-24-12-8-22(9-13-24)16-18-32-26(28)6-5-7-27(29)33-19-17-23-10-14-25(15-11-23)21-31-4-2/h3-4,22-25H,1-2,5-21H2. The van der Waals surface area contributed by atoms with Crippen LogP contribution in [0.4, 0.5) is 0 Å². The van der Waals surface area contributed by atoms with Gasteiger partial charge in [0.15, 0.2) is 0 Å². The van der Waals surface area contributed by atoms with Crippen LogP contribution in [0.5, 0.6) is 0 Å². The number of carbonyl (C=O) groups excluding carboxylic acids is 2. The number of hydrogen-bond donors (Lipinski definition) is 0. The zero-order valence-corrected chi connectivity index (χ0v) is 20.3. The molecule has 2 saturated carbocycles. The van der Waals surface area contributed by atoms with Crippen molar-refractivity contribution in [2.45, 2.75) is 83.5 Å². The van der Waals surface area contributed by atoms with Gasteiger partial charge >= 0.3 is 11.9 Å². The predicted molar refractivity (Wildman–Crippen MR) is 128 cm³/mol. The highest BCUT2D eigenvalue weighted by Crippen LogP contribution is 2.32. The van der Waals surface area contributed by atoms with E-state index in [9.17, 15) is 9.59 Å². The van der Waals surface area contributed by atoms with E-state index in [-0.39, 0.29) is 24.8 Å². The molecule has 0 amide bonds. The number of ether oxygens (including phenoxy) is 4. The molecule has 0 N–H and O–H groups in total. The van der Waals surface area contributed by atoms with E-state index in [1.165, 1.54) is 63.9 Å². The lowest BCUT2D eigenvalue weighted by molar-refractivity contribution is -0.145. The summed E-state index contributed by atoms with van der Waals surface area (Å²) in [5.41, 5.74) is 0. The Morgan fingerprint density at radius 1 is 0.636 bits per heavy atom. The zero-order valence-electron chi connectivity index (χ0n) is 20.3. The molecule has 33 heavy (non-hydrogen) atoms. The minimum absolute atomic E-state index is 0.215. The van der Waals surface area contributed by atoms with E-state index >= 15 is 0 Å². The number of esters is 2. The van der Waals surface area contributed by atoms with Crippen molar-refractivity contribution in [3.05, 3.63) is 25.7 Å². The summed E-state index contributed by atoms with van der Waals surface area (Å²) >= 11 is 0. The molecule has 2 aliphatic rings. The van der Waals surface area contributed by atoms with Crippen LogP contribution in [0.2, 0.25) is 0 Å². The van der Waals surface area contributed by atoms with Gasteiger partial charge in [0, 0.05) is 12.8 Å². The normalized spacial score (nSPS) is 25.0. The van der Waals surface area contributed by atoms with E-state index in [0.717, 1.165) is 26.1 Å². The monoisotopic (exact) mass is 464 g/mol. The fourth-order valence-corrected chi connectivity index (χ4v) is 4.98. The first-order valence-electron chi connectivity index (χ1n) is 12.9. The van der Waals surface area contributed by atoms with Gasteiger partial charge in [0.25, 0.3) is 0 Å². The van der Waals surface area contributed by atoms with E-state index < -0.39 is 0 Å². The van der Waals surface area contributed by atoms with Crippen LogP contribution in [0.3, 0.4) is 0 Å². The Hall–Kier alpha value is -1.98. The number of rotatable bonds is 16. The summed E-state index contributed by atoms with van der Waals surface area (Å²) in [5.74, 6) is 2.07. The van der Waals surface area contributed by atoms with E-state index in [2.05, 4.69) is 13.2 Å². The molecule has 0 aromatic heterocycles. The summed E-state index contributed by atoms with van der Waals surface area (Å²) in [6.45, 7) is 9.65. The molecule has 0 aromatic carbocycles. The molecule has 0 atom stereocenters. The van der Waals surface area contributed by atoms with Gasteiger partial charge in [0.2, 0.25) is 0 Å². The molecular formula is C27H44O6. The fraction of sp³-hybridized carbons (Fsp3) is 0.778. The molecule has 2 fully saturated rings. The van der Waals surface area contributed by atoms with Crippen molar-refractivity contribution in [3.63, 3.8) is 0 Å². The molecule has 2 aliphatic carbocycles. The van der Waals surface area contributed by atoms with Gasteiger partial charge in [-0.25, -0.2) is 0 Å². The van der Waals surface area contributed by atoms with Gasteiger partial charge in [-0.3, -0.25) is 9.59 Å². The van der Waals surface area contributed by atoms with Crippen LogP contribution in [-0.2, 0) is 28.5 Å². The van der Waals surface area contributed by atoms with Crippen molar-refractivity contribution in [1.82, 2.24) is 0 Å². The van der Waals surface area contributed by atoms with Crippen molar-refractivity contribution in [1.29, 1.82) is 0 Å². The Morgan fingerprint density at radius 3 is 1.36 bits per heavy atom. The highest BCUT2D eigenvalue weighted by molar-refractivity contribution is 5.72. The lowest BCUT2D eigenvalue weighted by atomic mass is 9.81. The first-order chi connectivity index (χ1) is 16.1. The Morgan fingerprint density at radius 2 is 1.00 bits per heavy atom. The third kappa shape index (κ3) is 12.2. The SMILES string of the molecule is C=COCC1CCC(CCOC(=O)CCCC(=O)OCCC2CCC(COC=C)CC2)CC1. The van der Waals surface area contributed by atoms with Crippen LogP contribution >= 0.6 is 0 Å². The summed E-state index contributed by atoms with van der Waals surface area (Å²) < 4.78 is 21.3. The molecule has 0 bridgehead atoms. The minimum Gasteiger partial charge on any atom is -0.502 e. The van der Waals surface area contributed by atoms with Crippen molar-refractivity contribution in [3.8, 4) is 0 Å². The molecule has 188 valence electrons. The van der Waals surface area contributed by atoms with Crippen molar-refractivity contribution >= 4 is 11.9 Å². The largest absolute Gasteiger partial charge is 0.502 e. The summed E-state index contributed by atoms with van der Waals surface area (Å²) in [7, 11) is 0. The van der Waals surface area contributed by atoms with E-state index in [0.29, 0.717) is 43.3 Å². The van der Waals surface area contributed by atoms with E-state index in [1.54, 1.807) is 0 Å². The molecule has 0 aromatic rings. The quantitative estimate of drug-likeness (QED) is 0.207. The second kappa shape index (κ2) is 16.6. The maximum absolute atomic E-state index is 11.9. The first-order valence-corrected chi connectivity index (χ1v) is 12.9. The smallest absolute Gasteiger partial charge is 0.305 e. The Kier molecular flexibility index (Phi) is 13.7.